The van der Waals surface area contributed by atoms with Crippen molar-refractivity contribution in [3.05, 3.63) is 29.8 Å². The summed E-state index contributed by atoms with van der Waals surface area (Å²) in [6.45, 7) is 4.38. The average molecular weight is 291 g/mol. The third kappa shape index (κ3) is 4.46. The van der Waals surface area contributed by atoms with Crippen LogP contribution in [0.25, 0.3) is 0 Å². The molecule has 4 nitrogen and oxygen atoms in total. The molecule has 1 unspecified atom stereocenters. The van der Waals surface area contributed by atoms with Crippen LogP contribution in [0, 0.1) is 0 Å². The van der Waals surface area contributed by atoms with Gasteiger partial charge in [-0.1, -0.05) is 12.1 Å². The standard InChI is InChI=1S/C17H25NO3/c1-3-21-17(19)7-5-13-18-12-4-6-16(18)14-8-10-15(20-2)11-9-14/h8-11,16H,3-7,12-13H2,1-2H3. The first kappa shape index (κ1) is 15.8. The minimum atomic E-state index is -0.0855. The summed E-state index contributed by atoms with van der Waals surface area (Å²) >= 11 is 0. The van der Waals surface area contributed by atoms with E-state index in [-0.39, 0.29) is 5.97 Å². The van der Waals surface area contributed by atoms with E-state index in [4.69, 9.17) is 9.47 Å². The fourth-order valence-corrected chi connectivity index (χ4v) is 2.96. The topological polar surface area (TPSA) is 38.8 Å². The van der Waals surface area contributed by atoms with E-state index < -0.39 is 0 Å². The van der Waals surface area contributed by atoms with Gasteiger partial charge < -0.3 is 9.47 Å². The zero-order chi connectivity index (χ0) is 15.1. The van der Waals surface area contributed by atoms with E-state index in [0.29, 0.717) is 19.1 Å². The monoisotopic (exact) mass is 291 g/mol. The van der Waals surface area contributed by atoms with Gasteiger partial charge >= 0.3 is 5.97 Å². The fraction of sp³-hybridized carbons (Fsp3) is 0.588. The highest BCUT2D eigenvalue weighted by Crippen LogP contribution is 2.32. The molecule has 1 atom stereocenters. The number of hydrogen-bond acceptors (Lipinski definition) is 4. The Morgan fingerprint density at radius 3 is 2.76 bits per heavy atom. The van der Waals surface area contributed by atoms with Gasteiger partial charge in [0.1, 0.15) is 5.75 Å². The van der Waals surface area contributed by atoms with Crippen molar-refractivity contribution in [1.82, 2.24) is 4.90 Å². The number of carbonyl (C=O) groups is 1. The lowest BCUT2D eigenvalue weighted by atomic mass is 10.0. The third-order valence-electron chi connectivity index (χ3n) is 4.00. The number of nitrogens with zero attached hydrogens (tertiary/aromatic N) is 1. The van der Waals surface area contributed by atoms with Crippen LogP contribution in [0.4, 0.5) is 0 Å². The Morgan fingerprint density at radius 1 is 1.33 bits per heavy atom. The van der Waals surface area contributed by atoms with E-state index in [2.05, 4.69) is 17.0 Å². The molecule has 1 aromatic carbocycles. The molecule has 1 saturated heterocycles. The normalized spacial score (nSPS) is 18.7. The van der Waals surface area contributed by atoms with Crippen molar-refractivity contribution < 1.29 is 14.3 Å². The van der Waals surface area contributed by atoms with Crippen LogP contribution in [0.3, 0.4) is 0 Å². The Kier molecular flexibility index (Phi) is 6.05. The number of esters is 1. The Labute approximate surface area is 127 Å². The molecule has 0 aromatic heterocycles. The number of methoxy groups -OCH3 is 1. The number of rotatable bonds is 7. The molecule has 1 aromatic rings. The third-order valence-corrected chi connectivity index (χ3v) is 4.00. The quantitative estimate of drug-likeness (QED) is 0.723. The predicted molar refractivity (Wildman–Crippen MR) is 82.4 cm³/mol. The van der Waals surface area contributed by atoms with E-state index in [1.54, 1.807) is 7.11 Å². The van der Waals surface area contributed by atoms with Crippen LogP contribution < -0.4 is 4.74 Å². The lowest BCUT2D eigenvalue weighted by Crippen LogP contribution is -2.25. The lowest BCUT2D eigenvalue weighted by Gasteiger charge is -2.24. The second kappa shape index (κ2) is 8.03. The van der Waals surface area contributed by atoms with Crippen molar-refractivity contribution in [3.63, 3.8) is 0 Å². The van der Waals surface area contributed by atoms with Crippen molar-refractivity contribution in [3.8, 4) is 5.75 Å². The van der Waals surface area contributed by atoms with Gasteiger partial charge in [0.25, 0.3) is 0 Å². The Bertz CT molecular complexity index is 444. The van der Waals surface area contributed by atoms with Gasteiger partial charge in [-0.25, -0.2) is 0 Å². The number of likely N-dealkylation sites (tertiary alicyclic amines) is 1. The molecule has 1 aliphatic rings. The highest BCUT2D eigenvalue weighted by molar-refractivity contribution is 5.69. The molecule has 116 valence electrons. The fourth-order valence-electron chi connectivity index (χ4n) is 2.96. The highest BCUT2D eigenvalue weighted by atomic mass is 16.5. The Morgan fingerprint density at radius 2 is 2.10 bits per heavy atom. The van der Waals surface area contributed by atoms with Gasteiger partial charge in [-0.15, -0.1) is 0 Å². The zero-order valence-corrected chi connectivity index (χ0v) is 13.0. The lowest BCUT2D eigenvalue weighted by molar-refractivity contribution is -0.143. The van der Waals surface area contributed by atoms with Crippen molar-refractivity contribution in [2.75, 3.05) is 26.8 Å². The molecule has 1 fully saturated rings. The van der Waals surface area contributed by atoms with Crippen LogP contribution in [0.15, 0.2) is 24.3 Å². The summed E-state index contributed by atoms with van der Waals surface area (Å²) < 4.78 is 10.2. The SMILES string of the molecule is CCOC(=O)CCCN1CCCC1c1ccc(OC)cc1. The van der Waals surface area contributed by atoms with Crippen molar-refractivity contribution >= 4 is 5.97 Å². The molecule has 4 heteroatoms. The van der Waals surface area contributed by atoms with Crippen molar-refractivity contribution in [2.24, 2.45) is 0 Å². The molecule has 0 saturated carbocycles. The van der Waals surface area contributed by atoms with Gasteiger partial charge in [0.05, 0.1) is 13.7 Å². The molecule has 21 heavy (non-hydrogen) atoms. The summed E-state index contributed by atoms with van der Waals surface area (Å²) in [4.78, 5) is 13.9. The molecule has 1 heterocycles. The molecule has 0 bridgehead atoms. The number of hydrogen-bond donors (Lipinski definition) is 0. The van der Waals surface area contributed by atoms with Crippen LogP contribution in [0.2, 0.25) is 0 Å². The number of carbonyl (C=O) groups excluding carboxylic acids is 1. The van der Waals surface area contributed by atoms with Gasteiger partial charge in [-0.05, 0) is 57.0 Å². The first-order valence-corrected chi connectivity index (χ1v) is 7.78. The molecule has 2 rings (SSSR count). The van der Waals surface area contributed by atoms with Gasteiger partial charge in [-0.2, -0.15) is 0 Å². The Hall–Kier alpha value is -1.55. The zero-order valence-electron chi connectivity index (χ0n) is 13.0. The molecule has 1 aliphatic heterocycles. The smallest absolute Gasteiger partial charge is 0.305 e. The molecule has 0 aliphatic carbocycles. The highest BCUT2D eigenvalue weighted by Gasteiger charge is 2.25. The van der Waals surface area contributed by atoms with E-state index in [0.717, 1.165) is 25.3 Å². The van der Waals surface area contributed by atoms with E-state index >= 15 is 0 Å². The van der Waals surface area contributed by atoms with Crippen molar-refractivity contribution in [2.45, 2.75) is 38.6 Å². The van der Waals surface area contributed by atoms with Crippen LogP contribution in [0.1, 0.15) is 44.2 Å². The minimum absolute atomic E-state index is 0.0855. The predicted octanol–water partition coefficient (Wildman–Crippen LogP) is 3.18. The molecular weight excluding hydrogens is 266 g/mol. The van der Waals surface area contributed by atoms with Crippen LogP contribution >= 0.6 is 0 Å². The van der Waals surface area contributed by atoms with E-state index in [1.807, 2.05) is 19.1 Å². The van der Waals surface area contributed by atoms with Crippen LogP contribution in [0.5, 0.6) is 5.75 Å². The summed E-state index contributed by atoms with van der Waals surface area (Å²) in [5, 5.41) is 0. The first-order valence-electron chi connectivity index (χ1n) is 7.78. The Balaban J connectivity index is 1.86. The first-order chi connectivity index (χ1) is 10.2. The average Bonchev–Trinajstić information content (AvgIpc) is 2.96. The molecule has 0 N–H and O–H groups in total. The van der Waals surface area contributed by atoms with Gasteiger partial charge in [0.2, 0.25) is 0 Å². The molecule has 0 amide bonds. The minimum Gasteiger partial charge on any atom is -0.497 e. The number of benzene rings is 1. The van der Waals surface area contributed by atoms with Gasteiger partial charge in [-0.3, -0.25) is 9.69 Å². The molecule has 0 spiro atoms. The van der Waals surface area contributed by atoms with E-state index in [1.165, 1.54) is 18.4 Å². The molecule has 0 radical (unpaired) electrons. The summed E-state index contributed by atoms with van der Waals surface area (Å²) in [6, 6.07) is 8.80. The summed E-state index contributed by atoms with van der Waals surface area (Å²) in [6.07, 6.45) is 3.78. The second-order valence-corrected chi connectivity index (χ2v) is 5.38. The van der Waals surface area contributed by atoms with E-state index in [9.17, 15) is 4.79 Å². The summed E-state index contributed by atoms with van der Waals surface area (Å²) in [7, 11) is 1.69. The second-order valence-electron chi connectivity index (χ2n) is 5.38. The van der Waals surface area contributed by atoms with Gasteiger partial charge in [0.15, 0.2) is 0 Å². The van der Waals surface area contributed by atoms with Crippen LogP contribution in [-0.2, 0) is 9.53 Å². The van der Waals surface area contributed by atoms with Crippen molar-refractivity contribution in [1.29, 1.82) is 0 Å². The maximum absolute atomic E-state index is 11.4. The molecular formula is C17H25NO3. The summed E-state index contributed by atoms with van der Waals surface area (Å²) in [5.74, 6) is 0.809. The van der Waals surface area contributed by atoms with Gasteiger partial charge in [0, 0.05) is 12.5 Å². The number of ether oxygens (including phenoxy) is 2. The maximum Gasteiger partial charge on any atom is 0.305 e. The largest absolute Gasteiger partial charge is 0.497 e. The summed E-state index contributed by atoms with van der Waals surface area (Å²) in [5.41, 5.74) is 1.34. The van der Waals surface area contributed by atoms with Crippen LogP contribution in [-0.4, -0.2) is 37.7 Å². The maximum atomic E-state index is 11.4.